The molecule has 0 aliphatic heterocycles. The van der Waals surface area contributed by atoms with Crippen molar-refractivity contribution in [2.24, 2.45) is 0 Å². The van der Waals surface area contributed by atoms with Crippen molar-refractivity contribution in [1.29, 1.82) is 5.26 Å². The van der Waals surface area contributed by atoms with Crippen molar-refractivity contribution in [2.45, 2.75) is 25.2 Å². The molecular formula is C26H20N4O3S. The van der Waals surface area contributed by atoms with E-state index in [9.17, 15) is 14.9 Å². The van der Waals surface area contributed by atoms with Gasteiger partial charge in [-0.05, 0) is 48.4 Å². The van der Waals surface area contributed by atoms with Gasteiger partial charge in [0.15, 0.2) is 12.3 Å². The van der Waals surface area contributed by atoms with Gasteiger partial charge in [0.1, 0.15) is 11.1 Å². The monoisotopic (exact) mass is 468 g/mol. The second kappa shape index (κ2) is 9.41. The number of esters is 1. The molecule has 8 heteroatoms. The van der Waals surface area contributed by atoms with Crippen LogP contribution in [0.25, 0.3) is 11.0 Å². The van der Waals surface area contributed by atoms with Crippen LogP contribution in [0.3, 0.4) is 0 Å². The van der Waals surface area contributed by atoms with Crippen LogP contribution in [0.15, 0.2) is 60.8 Å². The average Bonchev–Trinajstić information content (AvgIpc) is 3.23. The normalized spacial score (nSPS) is 14.7. The number of rotatable bonds is 5. The van der Waals surface area contributed by atoms with Gasteiger partial charge in [0, 0.05) is 4.88 Å². The van der Waals surface area contributed by atoms with Crippen LogP contribution in [0, 0.1) is 11.3 Å². The van der Waals surface area contributed by atoms with E-state index in [4.69, 9.17) is 4.74 Å². The number of nitriles is 1. The smallest absolute Gasteiger partial charge is 0.359 e. The van der Waals surface area contributed by atoms with Crippen LogP contribution in [0.4, 0.5) is 5.00 Å². The van der Waals surface area contributed by atoms with Crippen molar-refractivity contribution in [3.05, 3.63) is 88.1 Å². The van der Waals surface area contributed by atoms with Crippen LogP contribution in [-0.2, 0) is 22.4 Å². The number of anilines is 1. The first kappa shape index (κ1) is 21.7. The number of ether oxygens (including phenoxy) is 1. The highest BCUT2D eigenvalue weighted by Crippen LogP contribution is 2.42. The van der Waals surface area contributed by atoms with Gasteiger partial charge in [-0.15, -0.1) is 11.3 Å². The van der Waals surface area contributed by atoms with E-state index < -0.39 is 18.5 Å². The Kier molecular flexibility index (Phi) is 6.02. The van der Waals surface area contributed by atoms with Gasteiger partial charge in [0.2, 0.25) is 0 Å². The van der Waals surface area contributed by atoms with Gasteiger partial charge in [-0.1, -0.05) is 42.5 Å². The zero-order valence-corrected chi connectivity index (χ0v) is 19.0. The van der Waals surface area contributed by atoms with Crippen LogP contribution in [-0.4, -0.2) is 28.5 Å². The van der Waals surface area contributed by atoms with E-state index >= 15 is 0 Å². The third-order valence-electron chi connectivity index (χ3n) is 5.89. The predicted octanol–water partition coefficient (Wildman–Crippen LogP) is 4.63. The lowest BCUT2D eigenvalue weighted by Gasteiger charge is -2.22. The maximum atomic E-state index is 12.5. The number of carbonyl (C=O) groups is 2. The topological polar surface area (TPSA) is 105 Å². The number of para-hydroxylation sites is 2. The fourth-order valence-corrected chi connectivity index (χ4v) is 5.52. The molecule has 1 aliphatic rings. The van der Waals surface area contributed by atoms with Crippen LogP contribution < -0.4 is 5.32 Å². The Bertz CT molecular complexity index is 1430. The summed E-state index contributed by atoms with van der Waals surface area (Å²) >= 11 is 1.43. The van der Waals surface area contributed by atoms with Crippen LogP contribution >= 0.6 is 11.3 Å². The van der Waals surface area contributed by atoms with Gasteiger partial charge in [0.25, 0.3) is 5.91 Å². The van der Waals surface area contributed by atoms with Crippen molar-refractivity contribution in [3.8, 4) is 6.07 Å². The standard InChI is InChI=1S/C26H20N4O3S/c27-13-19-18-11-10-17(16-6-2-1-3-7-16)12-23(18)34-25(19)30-24(31)15-33-26(32)22-14-28-20-8-4-5-9-21(20)29-22/h1-9,14,17H,10-12,15H2,(H,30,31). The maximum absolute atomic E-state index is 12.5. The largest absolute Gasteiger partial charge is 0.451 e. The number of aromatic nitrogens is 2. The number of nitrogens with one attached hydrogen (secondary N) is 1. The van der Waals surface area contributed by atoms with Gasteiger partial charge in [-0.25, -0.2) is 9.78 Å². The molecule has 7 nitrogen and oxygen atoms in total. The lowest BCUT2D eigenvalue weighted by atomic mass is 9.83. The van der Waals surface area contributed by atoms with E-state index in [2.05, 4.69) is 33.5 Å². The first-order valence-corrected chi connectivity index (χ1v) is 11.7. The second-order valence-corrected chi connectivity index (χ2v) is 9.14. The molecule has 0 saturated carbocycles. The molecular weight excluding hydrogens is 448 g/mol. The Morgan fingerprint density at radius 3 is 2.68 bits per heavy atom. The zero-order valence-electron chi connectivity index (χ0n) is 18.2. The number of hydrogen-bond acceptors (Lipinski definition) is 7. The van der Waals surface area contributed by atoms with Gasteiger partial charge < -0.3 is 10.1 Å². The van der Waals surface area contributed by atoms with Gasteiger partial charge in [0.05, 0.1) is 22.8 Å². The highest BCUT2D eigenvalue weighted by Gasteiger charge is 2.27. The van der Waals surface area contributed by atoms with E-state index in [0.717, 1.165) is 29.7 Å². The highest BCUT2D eigenvalue weighted by molar-refractivity contribution is 7.16. The predicted molar refractivity (Wildman–Crippen MR) is 129 cm³/mol. The fraction of sp³-hybridized carbons (Fsp3) is 0.192. The number of nitrogens with zero attached hydrogens (tertiary/aromatic N) is 3. The summed E-state index contributed by atoms with van der Waals surface area (Å²) in [7, 11) is 0. The molecule has 0 bridgehead atoms. The first-order valence-electron chi connectivity index (χ1n) is 10.9. The molecule has 1 unspecified atom stereocenters. The summed E-state index contributed by atoms with van der Waals surface area (Å²) in [5.41, 5.74) is 4.07. The summed E-state index contributed by atoms with van der Waals surface area (Å²) < 4.78 is 5.13. The molecule has 0 radical (unpaired) electrons. The van der Waals surface area contributed by atoms with Crippen LogP contribution in [0.5, 0.6) is 0 Å². The molecule has 34 heavy (non-hydrogen) atoms. The minimum absolute atomic E-state index is 0.0303. The van der Waals surface area contributed by atoms with Crippen molar-refractivity contribution >= 4 is 39.2 Å². The molecule has 1 N–H and O–H groups in total. The Morgan fingerprint density at radius 1 is 1.12 bits per heavy atom. The van der Waals surface area contributed by atoms with Gasteiger partial charge in [-0.2, -0.15) is 5.26 Å². The number of carbonyl (C=O) groups excluding carboxylic acids is 2. The summed E-state index contributed by atoms with van der Waals surface area (Å²) in [4.78, 5) is 34.4. The van der Waals surface area contributed by atoms with E-state index in [-0.39, 0.29) is 5.69 Å². The molecule has 0 saturated heterocycles. The van der Waals surface area contributed by atoms with Crippen LogP contribution in [0.2, 0.25) is 0 Å². The molecule has 0 fully saturated rings. The first-order chi connectivity index (χ1) is 16.6. The number of amides is 1. The quantitative estimate of drug-likeness (QED) is 0.428. The Labute approximate surface area is 200 Å². The minimum Gasteiger partial charge on any atom is -0.451 e. The SMILES string of the molecule is N#Cc1c(NC(=O)COC(=O)c2cnc3ccccc3n2)sc2c1CCC(c1ccccc1)C2. The zero-order chi connectivity index (χ0) is 23.5. The van der Waals surface area contributed by atoms with Crippen LogP contribution in [0.1, 0.15) is 44.4 Å². The third-order valence-corrected chi connectivity index (χ3v) is 7.06. The van der Waals surface area contributed by atoms with Gasteiger partial charge in [-0.3, -0.25) is 9.78 Å². The van der Waals surface area contributed by atoms with Crippen molar-refractivity contribution < 1.29 is 14.3 Å². The lowest BCUT2D eigenvalue weighted by Crippen LogP contribution is -2.21. The van der Waals surface area contributed by atoms with Crippen molar-refractivity contribution in [3.63, 3.8) is 0 Å². The molecule has 168 valence electrons. The highest BCUT2D eigenvalue weighted by atomic mass is 32.1. The Balaban J connectivity index is 1.24. The second-order valence-electron chi connectivity index (χ2n) is 8.04. The number of hydrogen-bond donors (Lipinski definition) is 1. The molecule has 2 heterocycles. The summed E-state index contributed by atoms with van der Waals surface area (Å²) in [5.74, 6) is -0.839. The summed E-state index contributed by atoms with van der Waals surface area (Å²) in [6.07, 6.45) is 3.91. The molecule has 1 atom stereocenters. The molecule has 4 aromatic rings. The van der Waals surface area contributed by atoms with E-state index in [1.54, 1.807) is 18.2 Å². The molecule has 5 rings (SSSR count). The van der Waals surface area contributed by atoms with Crippen molar-refractivity contribution in [1.82, 2.24) is 9.97 Å². The number of thiophene rings is 1. The minimum atomic E-state index is -0.731. The molecule has 2 aromatic carbocycles. The third kappa shape index (κ3) is 4.38. The molecule has 2 aromatic heterocycles. The molecule has 1 amide bonds. The fourth-order valence-electron chi connectivity index (χ4n) is 4.23. The summed E-state index contributed by atoms with van der Waals surface area (Å²) in [6.45, 7) is -0.479. The maximum Gasteiger partial charge on any atom is 0.359 e. The van der Waals surface area contributed by atoms with Gasteiger partial charge >= 0.3 is 5.97 Å². The van der Waals surface area contributed by atoms with E-state index in [1.807, 2.05) is 24.3 Å². The summed E-state index contributed by atoms with van der Waals surface area (Å²) in [5, 5.41) is 13.0. The molecule has 0 spiro atoms. The Morgan fingerprint density at radius 2 is 1.88 bits per heavy atom. The molecule has 1 aliphatic carbocycles. The van der Waals surface area contributed by atoms with Crippen molar-refractivity contribution in [2.75, 3.05) is 11.9 Å². The summed E-state index contributed by atoms with van der Waals surface area (Å²) in [6, 6.07) is 19.8. The Hall–Kier alpha value is -4.09. The number of fused-ring (bicyclic) bond motifs is 2. The van der Waals surface area contributed by atoms with E-state index in [0.29, 0.717) is 27.5 Å². The van der Waals surface area contributed by atoms with E-state index in [1.165, 1.54) is 23.1 Å². The number of benzene rings is 2. The lowest BCUT2D eigenvalue weighted by molar-refractivity contribution is -0.119. The average molecular weight is 469 g/mol.